The number of aryl methyl sites for hydroxylation is 2. The van der Waals surface area contributed by atoms with E-state index in [9.17, 15) is 0 Å². The van der Waals surface area contributed by atoms with Gasteiger partial charge in [0.05, 0.1) is 0 Å². The van der Waals surface area contributed by atoms with Gasteiger partial charge in [-0.1, -0.05) is 29.4 Å². The van der Waals surface area contributed by atoms with E-state index in [1.54, 1.807) is 24.2 Å². The fourth-order valence-corrected chi connectivity index (χ4v) is 3.13. The highest BCUT2D eigenvalue weighted by Crippen LogP contribution is 2.33. The lowest BCUT2D eigenvalue weighted by molar-refractivity contribution is 0.911. The Kier molecular flexibility index (Phi) is 3.04. The van der Waals surface area contributed by atoms with Crippen molar-refractivity contribution in [1.29, 1.82) is 0 Å². The molecule has 0 bridgehead atoms. The Balaban J connectivity index is 1.89. The molecule has 0 fully saturated rings. The smallest absolute Gasteiger partial charge is 0.161 e. The van der Waals surface area contributed by atoms with Gasteiger partial charge in [0.15, 0.2) is 5.15 Å². The van der Waals surface area contributed by atoms with Crippen LogP contribution in [0.4, 0.5) is 0 Å². The van der Waals surface area contributed by atoms with E-state index in [0.29, 0.717) is 5.15 Å². The highest BCUT2D eigenvalue weighted by molar-refractivity contribution is 7.99. The maximum atomic E-state index is 6.00. The van der Waals surface area contributed by atoms with Crippen LogP contribution in [-0.2, 0) is 12.8 Å². The lowest BCUT2D eigenvalue weighted by atomic mass is 10.1. The van der Waals surface area contributed by atoms with Crippen LogP contribution in [0.25, 0.3) is 0 Å². The van der Waals surface area contributed by atoms with Crippen molar-refractivity contribution in [2.45, 2.75) is 29.2 Å². The topological polar surface area (TPSA) is 25.8 Å². The predicted molar refractivity (Wildman–Crippen MR) is 69.6 cm³/mol. The third-order valence-electron chi connectivity index (χ3n) is 2.91. The van der Waals surface area contributed by atoms with E-state index >= 15 is 0 Å². The van der Waals surface area contributed by atoms with E-state index in [1.165, 1.54) is 35.3 Å². The fourth-order valence-electron chi connectivity index (χ4n) is 2.10. The van der Waals surface area contributed by atoms with Crippen molar-refractivity contribution in [3.05, 3.63) is 46.9 Å². The second-order valence-corrected chi connectivity index (χ2v) is 5.46. The molecule has 3 rings (SSSR count). The molecule has 1 aliphatic carbocycles. The molecule has 0 atom stereocenters. The summed E-state index contributed by atoms with van der Waals surface area (Å²) in [6, 6.07) is 6.60. The van der Waals surface area contributed by atoms with E-state index in [-0.39, 0.29) is 0 Å². The summed E-state index contributed by atoms with van der Waals surface area (Å²) in [6.45, 7) is 0. The van der Waals surface area contributed by atoms with Crippen molar-refractivity contribution < 1.29 is 0 Å². The number of hydrogen-bond donors (Lipinski definition) is 0. The molecule has 0 N–H and O–H groups in total. The lowest BCUT2D eigenvalue weighted by Crippen LogP contribution is -1.86. The number of benzene rings is 1. The summed E-state index contributed by atoms with van der Waals surface area (Å²) in [7, 11) is 0. The molecule has 0 radical (unpaired) electrons. The minimum atomic E-state index is 0.470. The fraction of sp³-hybridized carbons (Fsp3) is 0.231. The summed E-state index contributed by atoms with van der Waals surface area (Å²) in [5.74, 6) is 0. The van der Waals surface area contributed by atoms with Crippen LogP contribution in [0.5, 0.6) is 0 Å². The number of rotatable bonds is 2. The highest BCUT2D eigenvalue weighted by Gasteiger charge is 2.12. The summed E-state index contributed by atoms with van der Waals surface area (Å²) >= 11 is 7.57. The molecule has 0 saturated heterocycles. The minimum Gasteiger partial charge on any atom is -0.245 e. The van der Waals surface area contributed by atoms with Gasteiger partial charge >= 0.3 is 0 Å². The summed E-state index contributed by atoms with van der Waals surface area (Å²) < 4.78 is 0. The zero-order valence-corrected chi connectivity index (χ0v) is 10.8. The quantitative estimate of drug-likeness (QED) is 0.824. The monoisotopic (exact) mass is 262 g/mol. The first-order chi connectivity index (χ1) is 8.33. The molecule has 0 spiro atoms. The van der Waals surface area contributed by atoms with Crippen LogP contribution >= 0.6 is 23.4 Å². The number of aromatic nitrogens is 2. The molecule has 0 unspecified atom stereocenters. The van der Waals surface area contributed by atoms with Gasteiger partial charge in [0.2, 0.25) is 0 Å². The van der Waals surface area contributed by atoms with Crippen molar-refractivity contribution in [2.24, 2.45) is 0 Å². The SMILES string of the molecule is Clc1nccnc1Sc1ccc2c(c1)CCC2. The second kappa shape index (κ2) is 4.67. The molecule has 0 aliphatic heterocycles. The summed E-state index contributed by atoms with van der Waals surface area (Å²) in [5, 5.41) is 1.24. The van der Waals surface area contributed by atoms with Crippen LogP contribution in [0.1, 0.15) is 17.5 Å². The predicted octanol–water partition coefficient (Wildman–Crippen LogP) is 3.77. The van der Waals surface area contributed by atoms with Gasteiger partial charge in [0, 0.05) is 17.3 Å². The Morgan fingerprint density at radius 2 is 1.88 bits per heavy atom. The number of halogens is 1. The molecule has 4 heteroatoms. The molecule has 86 valence electrons. The largest absolute Gasteiger partial charge is 0.245 e. The number of fused-ring (bicyclic) bond motifs is 1. The lowest BCUT2D eigenvalue weighted by Gasteiger charge is -2.04. The number of hydrogen-bond acceptors (Lipinski definition) is 3. The summed E-state index contributed by atoms with van der Waals surface area (Å²) in [4.78, 5) is 9.45. The first-order valence-corrected chi connectivity index (χ1v) is 6.78. The van der Waals surface area contributed by atoms with Gasteiger partial charge in [-0.3, -0.25) is 0 Å². The maximum absolute atomic E-state index is 6.00. The van der Waals surface area contributed by atoms with Crippen LogP contribution in [0.3, 0.4) is 0 Å². The average Bonchev–Trinajstić information content (AvgIpc) is 2.79. The Hall–Kier alpha value is -1.06. The van der Waals surface area contributed by atoms with Crippen LogP contribution in [0.2, 0.25) is 5.15 Å². The van der Waals surface area contributed by atoms with E-state index in [1.807, 2.05) is 0 Å². The Bertz CT molecular complexity index is 557. The van der Waals surface area contributed by atoms with Gasteiger partial charge < -0.3 is 0 Å². The van der Waals surface area contributed by atoms with Crippen molar-refractivity contribution in [1.82, 2.24) is 9.97 Å². The molecule has 0 saturated carbocycles. The van der Waals surface area contributed by atoms with E-state index < -0.39 is 0 Å². The zero-order valence-electron chi connectivity index (χ0n) is 9.19. The third kappa shape index (κ3) is 2.31. The molecule has 1 aromatic heterocycles. The van der Waals surface area contributed by atoms with E-state index in [0.717, 1.165) is 5.03 Å². The molecular weight excluding hydrogens is 252 g/mol. The van der Waals surface area contributed by atoms with Gasteiger partial charge in [0.25, 0.3) is 0 Å². The van der Waals surface area contributed by atoms with Crippen molar-refractivity contribution in [3.8, 4) is 0 Å². The maximum Gasteiger partial charge on any atom is 0.161 e. The highest BCUT2D eigenvalue weighted by atomic mass is 35.5. The average molecular weight is 263 g/mol. The molecule has 2 aromatic rings. The second-order valence-electron chi connectivity index (χ2n) is 4.04. The molecule has 1 heterocycles. The minimum absolute atomic E-state index is 0.470. The molecule has 1 aromatic carbocycles. The normalized spacial score (nSPS) is 13.7. The van der Waals surface area contributed by atoms with Crippen molar-refractivity contribution in [3.63, 3.8) is 0 Å². The molecule has 2 nitrogen and oxygen atoms in total. The first-order valence-electron chi connectivity index (χ1n) is 5.59. The van der Waals surface area contributed by atoms with Gasteiger partial charge in [-0.15, -0.1) is 0 Å². The number of nitrogens with zero attached hydrogens (tertiary/aromatic N) is 2. The van der Waals surface area contributed by atoms with Crippen molar-refractivity contribution >= 4 is 23.4 Å². The standard InChI is InChI=1S/C13H11ClN2S/c14-12-13(16-7-6-15-12)17-11-5-4-9-2-1-3-10(9)8-11/h4-8H,1-3H2. The first kappa shape index (κ1) is 11.1. The summed E-state index contributed by atoms with van der Waals surface area (Å²) in [5.41, 5.74) is 2.95. The molecule has 17 heavy (non-hydrogen) atoms. The van der Waals surface area contributed by atoms with Crippen molar-refractivity contribution in [2.75, 3.05) is 0 Å². The Labute approximate surface area is 109 Å². The van der Waals surface area contributed by atoms with Crippen LogP contribution in [0, 0.1) is 0 Å². The summed E-state index contributed by atoms with van der Waals surface area (Å²) in [6.07, 6.45) is 6.95. The van der Waals surface area contributed by atoms with Crippen LogP contribution in [0.15, 0.2) is 40.5 Å². The van der Waals surface area contributed by atoms with Crippen LogP contribution < -0.4 is 0 Å². The third-order valence-corrected chi connectivity index (χ3v) is 4.28. The van der Waals surface area contributed by atoms with Crippen LogP contribution in [-0.4, -0.2) is 9.97 Å². The van der Waals surface area contributed by atoms with Gasteiger partial charge in [-0.05, 0) is 42.5 Å². The van der Waals surface area contributed by atoms with Gasteiger partial charge in [0.1, 0.15) is 5.03 Å². The molecule has 0 amide bonds. The van der Waals surface area contributed by atoms with E-state index in [4.69, 9.17) is 11.6 Å². The van der Waals surface area contributed by atoms with E-state index in [2.05, 4.69) is 28.2 Å². The van der Waals surface area contributed by atoms with Gasteiger partial charge in [-0.2, -0.15) is 0 Å². The zero-order chi connectivity index (χ0) is 11.7. The molecular formula is C13H11ClN2S. The Morgan fingerprint density at radius 1 is 1.06 bits per heavy atom. The van der Waals surface area contributed by atoms with Gasteiger partial charge in [-0.25, -0.2) is 9.97 Å². The Morgan fingerprint density at radius 3 is 2.76 bits per heavy atom. The molecule has 1 aliphatic rings.